The summed E-state index contributed by atoms with van der Waals surface area (Å²) in [5.41, 5.74) is 0. The van der Waals surface area contributed by atoms with Crippen LogP contribution >= 0.6 is 11.8 Å². The first-order chi connectivity index (χ1) is 8.15. The third-order valence-electron chi connectivity index (χ3n) is 2.07. The van der Waals surface area contributed by atoms with Crippen LogP contribution in [-0.2, 0) is 21.7 Å². The van der Waals surface area contributed by atoms with E-state index in [-0.39, 0.29) is 11.2 Å². The molecule has 0 saturated carbocycles. The summed E-state index contributed by atoms with van der Waals surface area (Å²) in [6.07, 6.45) is 1.16. The third-order valence-corrected chi connectivity index (χ3v) is 3.23. The first-order valence-corrected chi connectivity index (χ1v) is 6.79. The first-order valence-electron chi connectivity index (χ1n) is 5.74. The summed E-state index contributed by atoms with van der Waals surface area (Å²) >= 11 is 1.62. The van der Waals surface area contributed by atoms with Gasteiger partial charge in [0.15, 0.2) is 5.82 Å². The number of carbonyl (C=O) groups excluding carboxylic acids is 1. The van der Waals surface area contributed by atoms with Crippen molar-refractivity contribution in [1.82, 2.24) is 10.1 Å². The molecule has 1 aromatic heterocycles. The highest BCUT2D eigenvalue weighted by Gasteiger charge is 2.12. The van der Waals surface area contributed by atoms with Gasteiger partial charge < -0.3 is 9.26 Å². The number of rotatable bonds is 7. The summed E-state index contributed by atoms with van der Waals surface area (Å²) in [7, 11) is 0. The zero-order valence-corrected chi connectivity index (χ0v) is 11.2. The number of esters is 1. The second kappa shape index (κ2) is 7.32. The SMILES string of the molecule is CCOC(=O)C[C@H](C)SCc1noc(CC)n1. The number of aromatic nitrogens is 2. The molecule has 0 amide bonds. The lowest BCUT2D eigenvalue weighted by molar-refractivity contribution is -0.142. The molecule has 1 heterocycles. The maximum absolute atomic E-state index is 11.2. The van der Waals surface area contributed by atoms with E-state index in [1.807, 2.05) is 13.8 Å². The number of ether oxygens (including phenoxy) is 1. The van der Waals surface area contributed by atoms with E-state index in [2.05, 4.69) is 10.1 Å². The molecule has 0 spiro atoms. The van der Waals surface area contributed by atoms with Gasteiger partial charge in [-0.05, 0) is 6.92 Å². The normalized spacial score (nSPS) is 12.4. The van der Waals surface area contributed by atoms with Crippen LogP contribution in [0.1, 0.15) is 38.9 Å². The van der Waals surface area contributed by atoms with E-state index in [9.17, 15) is 4.79 Å². The number of nitrogens with zero attached hydrogens (tertiary/aromatic N) is 2. The number of thioether (sulfide) groups is 1. The summed E-state index contributed by atoms with van der Waals surface area (Å²) in [5, 5.41) is 4.04. The zero-order valence-electron chi connectivity index (χ0n) is 10.4. The van der Waals surface area contributed by atoms with Crippen LogP contribution < -0.4 is 0 Å². The maximum Gasteiger partial charge on any atom is 0.306 e. The van der Waals surface area contributed by atoms with Gasteiger partial charge in [-0.1, -0.05) is 19.0 Å². The lowest BCUT2D eigenvalue weighted by Gasteiger charge is -2.08. The van der Waals surface area contributed by atoms with Gasteiger partial charge in [0.25, 0.3) is 0 Å². The van der Waals surface area contributed by atoms with Crippen molar-refractivity contribution in [3.63, 3.8) is 0 Å². The van der Waals surface area contributed by atoms with Crippen LogP contribution in [0, 0.1) is 0 Å². The molecule has 5 nitrogen and oxygen atoms in total. The van der Waals surface area contributed by atoms with E-state index in [1.54, 1.807) is 18.7 Å². The van der Waals surface area contributed by atoms with Crippen LogP contribution in [0.2, 0.25) is 0 Å². The van der Waals surface area contributed by atoms with E-state index < -0.39 is 0 Å². The molecule has 96 valence electrons. The van der Waals surface area contributed by atoms with Gasteiger partial charge in [-0.15, -0.1) is 11.8 Å². The van der Waals surface area contributed by atoms with Crippen molar-refractivity contribution >= 4 is 17.7 Å². The minimum Gasteiger partial charge on any atom is -0.466 e. The summed E-state index contributed by atoms with van der Waals surface area (Å²) < 4.78 is 9.88. The van der Waals surface area contributed by atoms with Crippen LogP contribution in [0.4, 0.5) is 0 Å². The topological polar surface area (TPSA) is 65.2 Å². The third kappa shape index (κ3) is 5.21. The Morgan fingerprint density at radius 3 is 2.88 bits per heavy atom. The average Bonchev–Trinajstić information content (AvgIpc) is 2.74. The smallest absolute Gasteiger partial charge is 0.306 e. The van der Waals surface area contributed by atoms with E-state index in [0.717, 1.165) is 6.42 Å². The Morgan fingerprint density at radius 2 is 2.29 bits per heavy atom. The van der Waals surface area contributed by atoms with Gasteiger partial charge in [0.1, 0.15) is 0 Å². The summed E-state index contributed by atoms with van der Waals surface area (Å²) in [5.74, 6) is 1.83. The van der Waals surface area contributed by atoms with Gasteiger partial charge in [0.05, 0.1) is 18.8 Å². The Bertz CT molecular complexity index is 354. The number of hydrogen-bond acceptors (Lipinski definition) is 6. The largest absolute Gasteiger partial charge is 0.466 e. The standard InChI is InChI=1S/C11H18N2O3S/c1-4-10-12-9(13-16-10)7-17-8(3)6-11(14)15-5-2/h8H,4-7H2,1-3H3/t8-/m0/s1. The van der Waals surface area contributed by atoms with Crippen LogP contribution in [-0.4, -0.2) is 28.0 Å². The molecule has 0 unspecified atom stereocenters. The molecular formula is C11H18N2O3S. The predicted molar refractivity (Wildman–Crippen MR) is 65.7 cm³/mol. The van der Waals surface area contributed by atoms with Gasteiger partial charge in [-0.25, -0.2) is 0 Å². The molecule has 0 aromatic carbocycles. The summed E-state index contributed by atoms with van der Waals surface area (Å²) in [6.45, 7) is 6.19. The highest BCUT2D eigenvalue weighted by molar-refractivity contribution is 7.99. The highest BCUT2D eigenvalue weighted by Crippen LogP contribution is 2.19. The highest BCUT2D eigenvalue weighted by atomic mass is 32.2. The Labute approximate surface area is 105 Å². The Balaban J connectivity index is 2.27. The van der Waals surface area contributed by atoms with Crippen molar-refractivity contribution in [2.24, 2.45) is 0 Å². The fourth-order valence-corrected chi connectivity index (χ4v) is 2.03. The second-order valence-corrected chi connectivity index (χ2v) is 5.02. The minimum atomic E-state index is -0.158. The first kappa shape index (κ1) is 14.0. The molecule has 0 aliphatic heterocycles. The molecule has 6 heteroatoms. The molecule has 0 bridgehead atoms. The lowest BCUT2D eigenvalue weighted by Crippen LogP contribution is -2.10. The molecule has 1 atom stereocenters. The molecule has 1 aromatic rings. The Morgan fingerprint density at radius 1 is 1.53 bits per heavy atom. The van der Waals surface area contributed by atoms with Crippen molar-refractivity contribution in [1.29, 1.82) is 0 Å². The van der Waals surface area contributed by atoms with Gasteiger partial charge >= 0.3 is 5.97 Å². The van der Waals surface area contributed by atoms with Gasteiger partial charge in [0.2, 0.25) is 5.89 Å². The molecule has 0 saturated heterocycles. The zero-order chi connectivity index (χ0) is 12.7. The Hall–Kier alpha value is -1.04. The monoisotopic (exact) mass is 258 g/mol. The summed E-state index contributed by atoms with van der Waals surface area (Å²) in [4.78, 5) is 15.4. The van der Waals surface area contributed by atoms with Gasteiger partial charge in [-0.3, -0.25) is 4.79 Å². The van der Waals surface area contributed by atoms with Gasteiger partial charge in [-0.2, -0.15) is 4.98 Å². The number of carbonyl (C=O) groups is 1. The molecule has 0 aliphatic rings. The molecule has 17 heavy (non-hydrogen) atoms. The Kier molecular flexibility index (Phi) is 6.04. The molecule has 0 radical (unpaired) electrons. The number of hydrogen-bond donors (Lipinski definition) is 0. The second-order valence-electron chi connectivity index (χ2n) is 3.59. The van der Waals surface area contributed by atoms with E-state index >= 15 is 0 Å². The van der Waals surface area contributed by atoms with Crippen molar-refractivity contribution in [3.05, 3.63) is 11.7 Å². The van der Waals surface area contributed by atoms with Crippen LogP contribution in [0.5, 0.6) is 0 Å². The molecule has 0 fully saturated rings. The van der Waals surface area contributed by atoms with Crippen molar-refractivity contribution in [2.45, 2.75) is 44.6 Å². The molecule has 0 N–H and O–H groups in total. The fraction of sp³-hybridized carbons (Fsp3) is 0.727. The fourth-order valence-electron chi connectivity index (χ4n) is 1.22. The maximum atomic E-state index is 11.2. The van der Waals surface area contributed by atoms with E-state index in [1.165, 1.54) is 0 Å². The average molecular weight is 258 g/mol. The number of aryl methyl sites for hydroxylation is 1. The van der Waals surface area contributed by atoms with Crippen molar-refractivity contribution < 1.29 is 14.1 Å². The predicted octanol–water partition coefficient (Wildman–Crippen LogP) is 2.21. The summed E-state index contributed by atoms with van der Waals surface area (Å²) in [6, 6.07) is 0. The van der Waals surface area contributed by atoms with Gasteiger partial charge in [0, 0.05) is 11.7 Å². The molecule has 1 rings (SSSR count). The quantitative estimate of drug-likeness (QED) is 0.699. The molecule has 0 aliphatic carbocycles. The van der Waals surface area contributed by atoms with Crippen LogP contribution in [0.3, 0.4) is 0 Å². The van der Waals surface area contributed by atoms with Crippen molar-refractivity contribution in [3.8, 4) is 0 Å². The van der Waals surface area contributed by atoms with E-state index in [0.29, 0.717) is 30.5 Å². The van der Waals surface area contributed by atoms with Crippen LogP contribution in [0.25, 0.3) is 0 Å². The van der Waals surface area contributed by atoms with Crippen LogP contribution in [0.15, 0.2) is 4.52 Å². The van der Waals surface area contributed by atoms with Crippen molar-refractivity contribution in [2.75, 3.05) is 6.61 Å². The minimum absolute atomic E-state index is 0.158. The lowest BCUT2D eigenvalue weighted by atomic mass is 10.3. The molecular weight excluding hydrogens is 240 g/mol. The van der Waals surface area contributed by atoms with E-state index in [4.69, 9.17) is 9.26 Å².